The highest BCUT2D eigenvalue weighted by Gasteiger charge is 2.17. The Labute approximate surface area is 125 Å². The molecule has 0 aliphatic carbocycles. The lowest BCUT2D eigenvalue weighted by molar-refractivity contribution is -0.385. The first-order valence-corrected chi connectivity index (χ1v) is 6.24. The predicted octanol–water partition coefficient (Wildman–Crippen LogP) is 3.71. The third-order valence-electron chi connectivity index (χ3n) is 2.71. The number of nitro groups is 1. The number of methoxy groups -OCH3 is 1. The van der Waals surface area contributed by atoms with Crippen LogP contribution in [0, 0.1) is 10.1 Å². The molecule has 0 saturated heterocycles. The molecule has 7 heteroatoms. The van der Waals surface area contributed by atoms with Crippen molar-refractivity contribution < 1.29 is 14.8 Å². The van der Waals surface area contributed by atoms with E-state index in [9.17, 15) is 15.2 Å². The fourth-order valence-corrected chi connectivity index (χ4v) is 1.94. The quantitative estimate of drug-likeness (QED) is 0.530. The summed E-state index contributed by atoms with van der Waals surface area (Å²) in [7, 11) is 1.51. The van der Waals surface area contributed by atoms with E-state index in [1.165, 1.54) is 19.4 Å². The van der Waals surface area contributed by atoms with E-state index in [4.69, 9.17) is 16.3 Å². The lowest BCUT2D eigenvalue weighted by Gasteiger charge is -2.04. The Hall–Kier alpha value is -2.60. The smallest absolute Gasteiger partial charge is 0.312 e. The van der Waals surface area contributed by atoms with Crippen LogP contribution in [0.5, 0.6) is 11.5 Å². The fraction of sp³-hybridized carbons (Fsp3) is 0.0714. The Bertz CT molecular complexity index is 716. The van der Waals surface area contributed by atoms with Gasteiger partial charge in [0.05, 0.1) is 12.0 Å². The van der Waals surface area contributed by atoms with Gasteiger partial charge in [0.25, 0.3) is 0 Å². The number of para-hydroxylation sites is 2. The van der Waals surface area contributed by atoms with Crippen molar-refractivity contribution in [3.8, 4) is 11.5 Å². The summed E-state index contributed by atoms with van der Waals surface area (Å²) in [6, 6.07) is 9.48. The van der Waals surface area contributed by atoms with Gasteiger partial charge in [-0.3, -0.25) is 15.1 Å². The van der Waals surface area contributed by atoms with Crippen LogP contribution in [0.15, 0.2) is 41.4 Å². The molecule has 0 aliphatic heterocycles. The number of aliphatic imine (C=N–C) groups is 1. The average molecular weight is 307 g/mol. The lowest BCUT2D eigenvalue weighted by atomic mass is 10.2. The minimum Gasteiger partial charge on any atom is -0.502 e. The molecule has 0 atom stereocenters. The molecule has 0 fully saturated rings. The minimum absolute atomic E-state index is 0.140. The van der Waals surface area contributed by atoms with E-state index in [0.29, 0.717) is 11.4 Å². The van der Waals surface area contributed by atoms with Crippen molar-refractivity contribution >= 4 is 29.2 Å². The number of benzene rings is 2. The van der Waals surface area contributed by atoms with E-state index in [1.807, 2.05) is 0 Å². The van der Waals surface area contributed by atoms with Crippen LogP contribution >= 0.6 is 11.6 Å². The first-order chi connectivity index (χ1) is 10.0. The third kappa shape index (κ3) is 3.29. The normalized spacial score (nSPS) is 10.8. The Kier molecular flexibility index (Phi) is 4.39. The SMILES string of the molecule is COc1ccccc1N=Cc1cc(Cl)cc([N+](=O)[O-])c1O. The maximum atomic E-state index is 10.8. The number of phenolic OH excluding ortho intramolecular Hbond substituents is 1. The molecule has 0 amide bonds. The largest absolute Gasteiger partial charge is 0.502 e. The molecule has 108 valence electrons. The van der Waals surface area contributed by atoms with E-state index >= 15 is 0 Å². The van der Waals surface area contributed by atoms with Crippen LogP contribution in [-0.4, -0.2) is 23.4 Å². The second kappa shape index (κ2) is 6.23. The number of nitrogens with zero attached hydrogens (tertiary/aromatic N) is 2. The molecule has 1 N–H and O–H groups in total. The molecule has 2 aromatic carbocycles. The van der Waals surface area contributed by atoms with E-state index < -0.39 is 16.4 Å². The van der Waals surface area contributed by atoms with Gasteiger partial charge >= 0.3 is 5.69 Å². The molecule has 0 heterocycles. The zero-order valence-electron chi connectivity index (χ0n) is 11.0. The summed E-state index contributed by atoms with van der Waals surface area (Å²) in [5.41, 5.74) is 0.214. The molecule has 0 saturated carbocycles. The number of nitro benzene ring substituents is 1. The molecule has 2 aromatic rings. The molecule has 6 nitrogen and oxygen atoms in total. The van der Waals surface area contributed by atoms with Crippen LogP contribution in [0.4, 0.5) is 11.4 Å². The van der Waals surface area contributed by atoms with Crippen LogP contribution in [0.3, 0.4) is 0 Å². The Balaban J connectivity index is 2.44. The van der Waals surface area contributed by atoms with Gasteiger partial charge in [-0.1, -0.05) is 23.7 Å². The molecule has 2 rings (SSSR count). The number of hydrogen-bond donors (Lipinski definition) is 1. The number of aromatic hydroxyl groups is 1. The standard InChI is InChI=1S/C14H11ClN2O4/c1-21-13-5-3-2-4-11(13)16-8-9-6-10(15)7-12(14(9)18)17(19)20/h2-8,18H,1H3. The summed E-state index contributed by atoms with van der Waals surface area (Å²) in [4.78, 5) is 14.3. The Morgan fingerprint density at radius 1 is 1.38 bits per heavy atom. The molecule has 21 heavy (non-hydrogen) atoms. The summed E-state index contributed by atoms with van der Waals surface area (Å²) < 4.78 is 5.14. The first kappa shape index (κ1) is 14.8. The summed E-state index contributed by atoms with van der Waals surface area (Å²) in [5.74, 6) is 0.0628. The van der Waals surface area contributed by atoms with E-state index in [0.717, 1.165) is 6.07 Å². The minimum atomic E-state index is -0.707. The third-order valence-corrected chi connectivity index (χ3v) is 2.93. The maximum Gasteiger partial charge on any atom is 0.312 e. The van der Waals surface area contributed by atoms with E-state index in [-0.39, 0.29) is 10.6 Å². The van der Waals surface area contributed by atoms with Gasteiger partial charge in [0.1, 0.15) is 11.4 Å². The highest BCUT2D eigenvalue weighted by atomic mass is 35.5. The van der Waals surface area contributed by atoms with Crippen molar-refractivity contribution in [3.05, 3.63) is 57.1 Å². The van der Waals surface area contributed by atoms with Crippen molar-refractivity contribution in [1.82, 2.24) is 0 Å². The van der Waals surface area contributed by atoms with E-state index in [1.54, 1.807) is 24.3 Å². The molecule has 0 unspecified atom stereocenters. The van der Waals surface area contributed by atoms with Crippen LogP contribution in [0.2, 0.25) is 5.02 Å². The van der Waals surface area contributed by atoms with Gasteiger partial charge in [-0.05, 0) is 18.2 Å². The second-order valence-corrected chi connectivity index (χ2v) is 4.49. The molecule has 0 spiro atoms. The predicted molar refractivity (Wildman–Crippen MR) is 80.0 cm³/mol. The van der Waals surface area contributed by atoms with Crippen LogP contribution in [-0.2, 0) is 0 Å². The van der Waals surface area contributed by atoms with Gasteiger partial charge in [0, 0.05) is 22.9 Å². The number of hydrogen-bond acceptors (Lipinski definition) is 5. The zero-order valence-corrected chi connectivity index (χ0v) is 11.7. The Morgan fingerprint density at radius 3 is 2.76 bits per heavy atom. The van der Waals surface area contributed by atoms with Crippen molar-refractivity contribution in [2.45, 2.75) is 0 Å². The van der Waals surface area contributed by atoms with Crippen molar-refractivity contribution in [2.24, 2.45) is 4.99 Å². The van der Waals surface area contributed by atoms with Gasteiger partial charge in [0.15, 0.2) is 0 Å². The number of rotatable bonds is 4. The van der Waals surface area contributed by atoms with E-state index in [2.05, 4.69) is 4.99 Å². The van der Waals surface area contributed by atoms with Crippen LogP contribution < -0.4 is 4.74 Å². The summed E-state index contributed by atoms with van der Waals surface area (Å²) in [6.07, 6.45) is 1.30. The fourth-order valence-electron chi connectivity index (χ4n) is 1.72. The van der Waals surface area contributed by atoms with Crippen molar-refractivity contribution in [3.63, 3.8) is 0 Å². The van der Waals surface area contributed by atoms with Crippen LogP contribution in [0.25, 0.3) is 0 Å². The molecule has 0 aliphatic rings. The summed E-state index contributed by atoms with van der Waals surface area (Å²) >= 11 is 5.80. The molecular weight excluding hydrogens is 296 g/mol. The first-order valence-electron chi connectivity index (χ1n) is 5.87. The molecule has 0 radical (unpaired) electrons. The lowest BCUT2D eigenvalue weighted by Crippen LogP contribution is -1.92. The van der Waals surface area contributed by atoms with Gasteiger partial charge < -0.3 is 9.84 Å². The zero-order chi connectivity index (χ0) is 15.4. The van der Waals surface area contributed by atoms with Crippen LogP contribution in [0.1, 0.15) is 5.56 Å². The monoisotopic (exact) mass is 306 g/mol. The molecule has 0 aromatic heterocycles. The highest BCUT2D eigenvalue weighted by molar-refractivity contribution is 6.31. The van der Waals surface area contributed by atoms with Gasteiger partial charge in [-0.15, -0.1) is 0 Å². The second-order valence-electron chi connectivity index (χ2n) is 4.05. The number of ether oxygens (including phenoxy) is 1. The highest BCUT2D eigenvalue weighted by Crippen LogP contribution is 2.33. The Morgan fingerprint density at radius 2 is 2.10 bits per heavy atom. The average Bonchev–Trinajstić information content (AvgIpc) is 2.47. The summed E-state index contributed by atoms with van der Waals surface area (Å²) in [5, 5.41) is 20.8. The van der Waals surface area contributed by atoms with Crippen molar-refractivity contribution in [2.75, 3.05) is 7.11 Å². The van der Waals surface area contributed by atoms with Gasteiger partial charge in [-0.25, -0.2) is 0 Å². The molecule has 0 bridgehead atoms. The number of phenols is 1. The van der Waals surface area contributed by atoms with Crippen molar-refractivity contribution in [1.29, 1.82) is 0 Å². The number of halogens is 1. The topological polar surface area (TPSA) is 85.0 Å². The summed E-state index contributed by atoms with van der Waals surface area (Å²) in [6.45, 7) is 0. The van der Waals surface area contributed by atoms with Gasteiger partial charge in [-0.2, -0.15) is 0 Å². The molecular formula is C14H11ClN2O4. The maximum absolute atomic E-state index is 10.8. The van der Waals surface area contributed by atoms with Gasteiger partial charge in [0.2, 0.25) is 5.75 Å².